The van der Waals surface area contributed by atoms with Crippen molar-refractivity contribution in [3.05, 3.63) is 29.3 Å². The quantitative estimate of drug-likeness (QED) is 0.817. The molecule has 0 radical (unpaired) electrons. The van der Waals surface area contributed by atoms with Crippen LogP contribution in [0.25, 0.3) is 0 Å². The molecule has 0 bridgehead atoms. The van der Waals surface area contributed by atoms with Crippen LogP contribution in [0.1, 0.15) is 30.9 Å². The minimum absolute atomic E-state index is 0.237. The third-order valence-corrected chi connectivity index (χ3v) is 3.24. The van der Waals surface area contributed by atoms with E-state index in [1.54, 1.807) is 0 Å². The van der Waals surface area contributed by atoms with Crippen molar-refractivity contribution in [2.45, 2.75) is 26.2 Å². The number of aliphatic hydroxyl groups excluding tert-OH is 1. The standard InChI is InChI=1S/C13H19NO/c1-3-14-9-10(2)12-5-4-11(6-7-15)8-13(12)14/h4-5,8,10,15H,3,6-7,9H2,1-2H3. The second-order valence-electron chi connectivity index (χ2n) is 4.31. The fourth-order valence-corrected chi connectivity index (χ4v) is 2.39. The van der Waals surface area contributed by atoms with Gasteiger partial charge < -0.3 is 10.0 Å². The molecule has 15 heavy (non-hydrogen) atoms. The number of likely N-dealkylation sites (N-methyl/N-ethyl adjacent to an activating group) is 1. The number of nitrogens with zero attached hydrogens (tertiary/aromatic N) is 1. The minimum atomic E-state index is 0.237. The minimum Gasteiger partial charge on any atom is -0.396 e. The Labute approximate surface area is 91.5 Å². The van der Waals surface area contributed by atoms with E-state index in [9.17, 15) is 0 Å². The summed E-state index contributed by atoms with van der Waals surface area (Å²) in [6.07, 6.45) is 0.763. The van der Waals surface area contributed by atoms with Gasteiger partial charge in [0.25, 0.3) is 0 Å². The largest absolute Gasteiger partial charge is 0.396 e. The van der Waals surface area contributed by atoms with Gasteiger partial charge in [-0.05, 0) is 30.5 Å². The maximum Gasteiger partial charge on any atom is 0.0471 e. The first-order valence-corrected chi connectivity index (χ1v) is 5.75. The number of rotatable bonds is 3. The van der Waals surface area contributed by atoms with E-state index in [0.717, 1.165) is 19.5 Å². The molecule has 2 nitrogen and oxygen atoms in total. The third kappa shape index (κ3) is 1.86. The summed E-state index contributed by atoms with van der Waals surface area (Å²) in [5, 5.41) is 8.93. The van der Waals surface area contributed by atoms with E-state index in [2.05, 4.69) is 36.9 Å². The predicted octanol–water partition coefficient (Wildman–Crippen LogP) is 2.16. The summed E-state index contributed by atoms with van der Waals surface area (Å²) < 4.78 is 0. The molecule has 0 amide bonds. The van der Waals surface area contributed by atoms with Crippen LogP contribution in [0.15, 0.2) is 18.2 Å². The first-order chi connectivity index (χ1) is 7.26. The molecular weight excluding hydrogens is 186 g/mol. The van der Waals surface area contributed by atoms with E-state index < -0.39 is 0 Å². The number of aliphatic hydroxyl groups is 1. The first kappa shape index (κ1) is 10.5. The van der Waals surface area contributed by atoms with Crippen molar-refractivity contribution in [2.75, 3.05) is 24.6 Å². The molecule has 0 saturated heterocycles. The lowest BCUT2D eigenvalue weighted by atomic mass is 10.0. The van der Waals surface area contributed by atoms with E-state index in [-0.39, 0.29) is 6.61 Å². The van der Waals surface area contributed by atoms with E-state index in [1.807, 2.05) is 0 Å². The predicted molar refractivity (Wildman–Crippen MR) is 63.5 cm³/mol. The lowest BCUT2D eigenvalue weighted by Crippen LogP contribution is -2.20. The van der Waals surface area contributed by atoms with Gasteiger partial charge in [-0.15, -0.1) is 0 Å². The van der Waals surface area contributed by atoms with Gasteiger partial charge >= 0.3 is 0 Å². The number of hydrogen-bond donors (Lipinski definition) is 1. The smallest absolute Gasteiger partial charge is 0.0471 e. The molecule has 0 aromatic heterocycles. The maximum absolute atomic E-state index is 8.93. The Bertz CT molecular complexity index is 348. The Morgan fingerprint density at radius 1 is 1.47 bits per heavy atom. The fraction of sp³-hybridized carbons (Fsp3) is 0.538. The number of anilines is 1. The van der Waals surface area contributed by atoms with Crippen LogP contribution in [0, 0.1) is 0 Å². The highest BCUT2D eigenvalue weighted by Crippen LogP contribution is 2.36. The molecule has 1 N–H and O–H groups in total. The number of hydrogen-bond acceptors (Lipinski definition) is 2. The molecule has 1 aliphatic heterocycles. The molecule has 2 heteroatoms. The zero-order chi connectivity index (χ0) is 10.8. The molecule has 2 rings (SSSR count). The van der Waals surface area contributed by atoms with Crippen molar-refractivity contribution < 1.29 is 5.11 Å². The van der Waals surface area contributed by atoms with Gasteiger partial charge in [-0.25, -0.2) is 0 Å². The van der Waals surface area contributed by atoms with Gasteiger partial charge in [-0.3, -0.25) is 0 Å². The summed E-state index contributed by atoms with van der Waals surface area (Å²) in [4.78, 5) is 2.42. The molecule has 0 aliphatic carbocycles. The van der Waals surface area contributed by atoms with Crippen molar-refractivity contribution in [3.63, 3.8) is 0 Å². The van der Waals surface area contributed by atoms with Gasteiger partial charge in [-0.2, -0.15) is 0 Å². The van der Waals surface area contributed by atoms with E-state index >= 15 is 0 Å². The van der Waals surface area contributed by atoms with E-state index in [0.29, 0.717) is 5.92 Å². The van der Waals surface area contributed by atoms with Crippen molar-refractivity contribution in [1.29, 1.82) is 0 Å². The molecule has 82 valence electrons. The number of benzene rings is 1. The highest BCUT2D eigenvalue weighted by atomic mass is 16.2. The maximum atomic E-state index is 8.93. The summed E-state index contributed by atoms with van der Waals surface area (Å²) in [6, 6.07) is 6.60. The summed E-state index contributed by atoms with van der Waals surface area (Å²) in [5.41, 5.74) is 4.07. The molecular formula is C13H19NO. The van der Waals surface area contributed by atoms with Crippen LogP contribution in [0.5, 0.6) is 0 Å². The summed E-state index contributed by atoms with van der Waals surface area (Å²) in [5.74, 6) is 0.642. The summed E-state index contributed by atoms with van der Waals surface area (Å²) in [6.45, 7) is 6.91. The van der Waals surface area contributed by atoms with E-state index in [1.165, 1.54) is 16.8 Å². The summed E-state index contributed by atoms with van der Waals surface area (Å²) >= 11 is 0. The van der Waals surface area contributed by atoms with Crippen LogP contribution in [-0.4, -0.2) is 24.8 Å². The van der Waals surface area contributed by atoms with Gasteiger partial charge in [-0.1, -0.05) is 19.1 Å². The molecule has 1 atom stereocenters. The fourth-order valence-electron chi connectivity index (χ4n) is 2.39. The van der Waals surface area contributed by atoms with Gasteiger partial charge in [0.15, 0.2) is 0 Å². The van der Waals surface area contributed by atoms with Crippen molar-refractivity contribution in [1.82, 2.24) is 0 Å². The summed E-state index contributed by atoms with van der Waals surface area (Å²) in [7, 11) is 0. The molecule has 1 unspecified atom stereocenters. The van der Waals surface area contributed by atoms with Crippen LogP contribution < -0.4 is 4.90 Å². The lowest BCUT2D eigenvalue weighted by Gasteiger charge is -2.17. The zero-order valence-electron chi connectivity index (χ0n) is 9.53. The topological polar surface area (TPSA) is 23.5 Å². The van der Waals surface area contributed by atoms with Crippen LogP contribution >= 0.6 is 0 Å². The van der Waals surface area contributed by atoms with Gasteiger partial charge in [0.2, 0.25) is 0 Å². The second-order valence-corrected chi connectivity index (χ2v) is 4.31. The Kier molecular flexibility index (Phi) is 2.96. The van der Waals surface area contributed by atoms with E-state index in [4.69, 9.17) is 5.11 Å². The Balaban J connectivity index is 2.33. The number of fused-ring (bicyclic) bond motifs is 1. The van der Waals surface area contributed by atoms with Crippen LogP contribution in [-0.2, 0) is 6.42 Å². The molecule has 1 aromatic carbocycles. The molecule has 0 spiro atoms. The average molecular weight is 205 g/mol. The van der Waals surface area contributed by atoms with Crippen molar-refractivity contribution in [3.8, 4) is 0 Å². The van der Waals surface area contributed by atoms with Gasteiger partial charge in [0, 0.05) is 31.3 Å². The lowest BCUT2D eigenvalue weighted by molar-refractivity contribution is 0.299. The van der Waals surface area contributed by atoms with Crippen LogP contribution in [0.2, 0.25) is 0 Å². The SMILES string of the molecule is CCN1CC(C)c2ccc(CCO)cc21. The highest BCUT2D eigenvalue weighted by molar-refractivity contribution is 5.61. The molecule has 0 fully saturated rings. The normalized spacial score (nSPS) is 19.4. The molecule has 0 saturated carbocycles. The highest BCUT2D eigenvalue weighted by Gasteiger charge is 2.24. The monoisotopic (exact) mass is 205 g/mol. The Hall–Kier alpha value is -1.02. The van der Waals surface area contributed by atoms with Crippen LogP contribution in [0.4, 0.5) is 5.69 Å². The zero-order valence-corrected chi connectivity index (χ0v) is 9.53. The van der Waals surface area contributed by atoms with Gasteiger partial charge in [0.1, 0.15) is 0 Å². The van der Waals surface area contributed by atoms with Crippen LogP contribution in [0.3, 0.4) is 0 Å². The van der Waals surface area contributed by atoms with Crippen molar-refractivity contribution in [2.24, 2.45) is 0 Å². The Morgan fingerprint density at radius 3 is 2.93 bits per heavy atom. The Morgan fingerprint density at radius 2 is 2.27 bits per heavy atom. The van der Waals surface area contributed by atoms with Gasteiger partial charge in [0.05, 0.1) is 0 Å². The molecule has 1 heterocycles. The molecule has 1 aromatic rings. The second kappa shape index (κ2) is 4.23. The van der Waals surface area contributed by atoms with Crippen molar-refractivity contribution >= 4 is 5.69 Å². The first-order valence-electron chi connectivity index (χ1n) is 5.75. The third-order valence-electron chi connectivity index (χ3n) is 3.24. The average Bonchev–Trinajstić information content (AvgIpc) is 2.56. The molecule has 1 aliphatic rings.